The standard InChI is InChI=1S/C26H29NO2/c1-20(2)16-21-12-14-23(15-13-21)28-19-24-18-27(17-22-8-4-3-5-9-22)25-10-6-7-11-26(25)29-24/h3-15,20,24H,16-19H2,1-2H3. The third-order valence-electron chi connectivity index (χ3n) is 5.14. The molecule has 4 rings (SSSR count). The molecule has 0 N–H and O–H groups in total. The zero-order valence-electron chi connectivity index (χ0n) is 17.3. The van der Waals surface area contributed by atoms with Crippen LogP contribution < -0.4 is 14.4 Å². The maximum absolute atomic E-state index is 6.23. The van der Waals surface area contributed by atoms with Gasteiger partial charge >= 0.3 is 0 Å². The van der Waals surface area contributed by atoms with Gasteiger partial charge < -0.3 is 14.4 Å². The van der Waals surface area contributed by atoms with Gasteiger partial charge in [-0.05, 0) is 47.7 Å². The predicted molar refractivity (Wildman–Crippen MR) is 119 cm³/mol. The molecule has 1 aliphatic heterocycles. The lowest BCUT2D eigenvalue weighted by Crippen LogP contribution is -2.42. The molecule has 1 unspecified atom stereocenters. The lowest BCUT2D eigenvalue weighted by Gasteiger charge is -2.36. The lowest BCUT2D eigenvalue weighted by molar-refractivity contribution is 0.124. The smallest absolute Gasteiger partial charge is 0.150 e. The van der Waals surface area contributed by atoms with Gasteiger partial charge in [-0.3, -0.25) is 0 Å². The Morgan fingerprint density at radius 1 is 0.897 bits per heavy atom. The molecule has 3 aromatic carbocycles. The first-order chi connectivity index (χ1) is 14.2. The number of anilines is 1. The van der Waals surface area contributed by atoms with Crippen molar-refractivity contribution in [3.63, 3.8) is 0 Å². The summed E-state index contributed by atoms with van der Waals surface area (Å²) in [7, 11) is 0. The van der Waals surface area contributed by atoms with Gasteiger partial charge in [-0.2, -0.15) is 0 Å². The van der Waals surface area contributed by atoms with Crippen molar-refractivity contribution in [1.82, 2.24) is 0 Å². The van der Waals surface area contributed by atoms with Crippen molar-refractivity contribution in [2.24, 2.45) is 5.92 Å². The number of hydrogen-bond donors (Lipinski definition) is 0. The van der Waals surface area contributed by atoms with Crippen LogP contribution in [0.4, 0.5) is 5.69 Å². The number of nitrogens with zero attached hydrogens (tertiary/aromatic N) is 1. The van der Waals surface area contributed by atoms with Crippen LogP contribution in [0, 0.1) is 5.92 Å². The van der Waals surface area contributed by atoms with Crippen molar-refractivity contribution in [2.75, 3.05) is 18.1 Å². The minimum Gasteiger partial charge on any atom is -0.490 e. The van der Waals surface area contributed by atoms with Gasteiger partial charge in [-0.25, -0.2) is 0 Å². The summed E-state index contributed by atoms with van der Waals surface area (Å²) >= 11 is 0. The number of rotatable bonds is 7. The molecule has 150 valence electrons. The van der Waals surface area contributed by atoms with Gasteiger partial charge in [0.05, 0.1) is 12.2 Å². The topological polar surface area (TPSA) is 21.7 Å². The number of ether oxygens (including phenoxy) is 2. The second-order valence-corrected chi connectivity index (χ2v) is 8.13. The first-order valence-corrected chi connectivity index (χ1v) is 10.4. The molecule has 0 aromatic heterocycles. The SMILES string of the molecule is CC(C)Cc1ccc(OCC2CN(Cc3ccccc3)c3ccccc3O2)cc1. The molecule has 0 bridgehead atoms. The van der Waals surface area contributed by atoms with Crippen molar-refractivity contribution in [1.29, 1.82) is 0 Å². The monoisotopic (exact) mass is 387 g/mol. The van der Waals surface area contributed by atoms with E-state index in [1.54, 1.807) is 0 Å². The minimum atomic E-state index is -0.0102. The summed E-state index contributed by atoms with van der Waals surface area (Å²) < 4.78 is 12.3. The molecular weight excluding hydrogens is 358 g/mol. The lowest BCUT2D eigenvalue weighted by atomic mass is 10.0. The van der Waals surface area contributed by atoms with Crippen LogP contribution in [-0.4, -0.2) is 19.3 Å². The van der Waals surface area contributed by atoms with Crippen molar-refractivity contribution >= 4 is 5.69 Å². The molecule has 1 aliphatic rings. The molecule has 0 amide bonds. The molecule has 0 radical (unpaired) electrons. The Hall–Kier alpha value is -2.94. The van der Waals surface area contributed by atoms with E-state index >= 15 is 0 Å². The first kappa shape index (κ1) is 19.4. The van der Waals surface area contributed by atoms with Gasteiger partial charge in [0, 0.05) is 6.54 Å². The van der Waals surface area contributed by atoms with Crippen molar-refractivity contribution in [2.45, 2.75) is 32.9 Å². The average molecular weight is 388 g/mol. The van der Waals surface area contributed by atoms with Gasteiger partial charge in [0.25, 0.3) is 0 Å². The van der Waals surface area contributed by atoms with E-state index in [9.17, 15) is 0 Å². The molecule has 0 aliphatic carbocycles. The second-order valence-electron chi connectivity index (χ2n) is 8.13. The van der Waals surface area contributed by atoms with E-state index in [-0.39, 0.29) is 6.10 Å². The van der Waals surface area contributed by atoms with Gasteiger partial charge in [0.1, 0.15) is 18.1 Å². The zero-order chi connectivity index (χ0) is 20.1. The molecule has 3 nitrogen and oxygen atoms in total. The quantitative estimate of drug-likeness (QED) is 0.517. The van der Waals surface area contributed by atoms with Crippen LogP contribution in [0.15, 0.2) is 78.9 Å². The number of benzene rings is 3. The fourth-order valence-corrected chi connectivity index (χ4v) is 3.80. The highest BCUT2D eigenvalue weighted by atomic mass is 16.5. The Morgan fingerprint density at radius 3 is 2.38 bits per heavy atom. The Morgan fingerprint density at radius 2 is 1.62 bits per heavy atom. The van der Waals surface area contributed by atoms with Crippen molar-refractivity contribution < 1.29 is 9.47 Å². The average Bonchev–Trinajstić information content (AvgIpc) is 2.74. The summed E-state index contributed by atoms with van der Waals surface area (Å²) in [4.78, 5) is 2.38. The molecule has 3 aromatic rings. The van der Waals surface area contributed by atoms with Crippen LogP contribution >= 0.6 is 0 Å². The van der Waals surface area contributed by atoms with Gasteiger partial charge in [-0.15, -0.1) is 0 Å². The maximum atomic E-state index is 6.23. The molecule has 0 fully saturated rings. The predicted octanol–water partition coefficient (Wildman–Crippen LogP) is 5.73. The van der Waals surface area contributed by atoms with Gasteiger partial charge in [-0.1, -0.05) is 68.4 Å². The van der Waals surface area contributed by atoms with Crippen LogP contribution in [0.5, 0.6) is 11.5 Å². The zero-order valence-corrected chi connectivity index (χ0v) is 17.3. The van der Waals surface area contributed by atoms with Crippen LogP contribution in [0.3, 0.4) is 0 Å². The summed E-state index contributed by atoms with van der Waals surface area (Å²) in [6.07, 6.45) is 1.08. The Labute approximate surface area is 173 Å². The normalized spacial score (nSPS) is 15.7. The van der Waals surface area contributed by atoms with Gasteiger partial charge in [0.2, 0.25) is 0 Å². The second kappa shape index (κ2) is 9.04. The number of para-hydroxylation sites is 2. The van der Waals surface area contributed by atoms with E-state index in [1.165, 1.54) is 11.1 Å². The van der Waals surface area contributed by atoms with Crippen LogP contribution in [-0.2, 0) is 13.0 Å². The third-order valence-corrected chi connectivity index (χ3v) is 5.14. The highest BCUT2D eigenvalue weighted by molar-refractivity contribution is 5.60. The molecule has 29 heavy (non-hydrogen) atoms. The molecule has 1 heterocycles. The van der Waals surface area contributed by atoms with Crippen molar-refractivity contribution in [3.05, 3.63) is 90.0 Å². The van der Waals surface area contributed by atoms with E-state index in [0.29, 0.717) is 12.5 Å². The minimum absolute atomic E-state index is 0.0102. The number of hydrogen-bond acceptors (Lipinski definition) is 3. The van der Waals surface area contributed by atoms with E-state index in [1.807, 2.05) is 12.1 Å². The summed E-state index contributed by atoms with van der Waals surface area (Å²) in [6.45, 7) is 6.68. The summed E-state index contributed by atoms with van der Waals surface area (Å²) in [6, 6.07) is 27.3. The Kier molecular flexibility index (Phi) is 6.04. The highest BCUT2D eigenvalue weighted by Gasteiger charge is 2.26. The number of fused-ring (bicyclic) bond motifs is 1. The van der Waals surface area contributed by atoms with Crippen molar-refractivity contribution in [3.8, 4) is 11.5 Å². The molecule has 0 spiro atoms. The summed E-state index contributed by atoms with van der Waals surface area (Å²) in [5, 5.41) is 0. The summed E-state index contributed by atoms with van der Waals surface area (Å²) in [5.41, 5.74) is 3.79. The van der Waals surface area contributed by atoms with E-state index < -0.39 is 0 Å². The Bertz CT molecular complexity index is 906. The summed E-state index contributed by atoms with van der Waals surface area (Å²) in [5.74, 6) is 2.48. The first-order valence-electron chi connectivity index (χ1n) is 10.4. The molecule has 3 heteroatoms. The molecular formula is C26H29NO2. The highest BCUT2D eigenvalue weighted by Crippen LogP contribution is 2.34. The van der Waals surface area contributed by atoms with Crippen LogP contribution in [0.1, 0.15) is 25.0 Å². The van der Waals surface area contributed by atoms with Gasteiger partial charge in [0.15, 0.2) is 6.10 Å². The fraction of sp³-hybridized carbons (Fsp3) is 0.308. The van der Waals surface area contributed by atoms with Crippen LogP contribution in [0.25, 0.3) is 0 Å². The van der Waals surface area contributed by atoms with E-state index in [2.05, 4.69) is 85.5 Å². The molecule has 1 atom stereocenters. The largest absolute Gasteiger partial charge is 0.490 e. The third kappa shape index (κ3) is 5.11. The van der Waals surface area contributed by atoms with E-state index in [4.69, 9.17) is 9.47 Å². The molecule has 0 saturated carbocycles. The van der Waals surface area contributed by atoms with Crippen LogP contribution in [0.2, 0.25) is 0 Å². The maximum Gasteiger partial charge on any atom is 0.150 e. The fourth-order valence-electron chi connectivity index (χ4n) is 3.80. The Balaban J connectivity index is 1.42. The van der Waals surface area contributed by atoms with E-state index in [0.717, 1.165) is 36.7 Å². The molecule has 0 saturated heterocycles.